The fraction of sp³-hybridized carbons (Fsp3) is 0.200. The SMILES string of the molecule is O=S(On1c(O)ccc1O)OC(F)(F)F. The van der Waals surface area contributed by atoms with Gasteiger partial charge in [0.05, 0.1) is 0 Å². The van der Waals surface area contributed by atoms with Crippen LogP contribution < -0.4 is 4.28 Å². The first kappa shape index (κ1) is 11.7. The number of aromatic nitrogens is 1. The largest absolute Gasteiger partial charge is 0.537 e. The molecule has 86 valence electrons. The first-order valence-electron chi connectivity index (χ1n) is 3.26. The molecule has 0 aliphatic rings. The smallest absolute Gasteiger partial charge is 0.492 e. The number of nitrogens with zero attached hydrogens (tertiary/aromatic N) is 1. The Morgan fingerprint density at radius 1 is 1.27 bits per heavy atom. The summed E-state index contributed by atoms with van der Waals surface area (Å²) in [5.74, 6) is -1.46. The number of aromatic hydroxyl groups is 2. The van der Waals surface area contributed by atoms with Crippen molar-refractivity contribution < 1.29 is 36.1 Å². The van der Waals surface area contributed by atoms with Crippen molar-refractivity contribution >= 4 is 11.4 Å². The molecule has 1 unspecified atom stereocenters. The normalized spacial score (nSPS) is 13.8. The quantitative estimate of drug-likeness (QED) is 0.810. The summed E-state index contributed by atoms with van der Waals surface area (Å²) in [6.45, 7) is 0. The fourth-order valence-electron chi connectivity index (χ4n) is 0.631. The van der Waals surface area contributed by atoms with Gasteiger partial charge in [0.25, 0.3) is 0 Å². The maximum atomic E-state index is 11.5. The minimum Gasteiger partial charge on any atom is -0.492 e. The predicted molar refractivity (Wildman–Crippen MR) is 39.6 cm³/mol. The molecule has 1 atom stereocenters. The van der Waals surface area contributed by atoms with E-state index in [0.717, 1.165) is 12.1 Å². The Kier molecular flexibility index (Phi) is 3.09. The lowest BCUT2D eigenvalue weighted by atomic mass is 10.6. The molecule has 0 bridgehead atoms. The highest BCUT2D eigenvalue weighted by atomic mass is 32.2. The Balaban J connectivity index is 2.67. The second kappa shape index (κ2) is 3.98. The van der Waals surface area contributed by atoms with E-state index in [-0.39, 0.29) is 4.73 Å². The molecule has 0 fully saturated rings. The van der Waals surface area contributed by atoms with Crippen LogP contribution in [0.4, 0.5) is 13.2 Å². The average molecular weight is 247 g/mol. The molecule has 0 saturated heterocycles. The summed E-state index contributed by atoms with van der Waals surface area (Å²) in [5.41, 5.74) is 0. The summed E-state index contributed by atoms with van der Waals surface area (Å²) in [4.78, 5) is 0. The Morgan fingerprint density at radius 2 is 1.73 bits per heavy atom. The molecule has 0 aliphatic heterocycles. The summed E-state index contributed by atoms with van der Waals surface area (Å²) in [7, 11) is 0. The van der Waals surface area contributed by atoms with Crippen LogP contribution >= 0.6 is 0 Å². The zero-order valence-electron chi connectivity index (χ0n) is 6.76. The molecule has 1 aromatic rings. The van der Waals surface area contributed by atoms with Gasteiger partial charge in [0.15, 0.2) is 0 Å². The number of alkyl halides is 3. The van der Waals surface area contributed by atoms with Gasteiger partial charge in [-0.05, 0) is 0 Å². The molecule has 2 N–H and O–H groups in total. The van der Waals surface area contributed by atoms with Crippen molar-refractivity contribution in [2.75, 3.05) is 0 Å². The number of hydrogen-bond donors (Lipinski definition) is 2. The van der Waals surface area contributed by atoms with Crippen molar-refractivity contribution in [2.24, 2.45) is 0 Å². The molecule has 1 rings (SSSR count). The maximum absolute atomic E-state index is 11.5. The topological polar surface area (TPSA) is 80.9 Å². The van der Waals surface area contributed by atoms with Crippen LogP contribution in [0.2, 0.25) is 0 Å². The van der Waals surface area contributed by atoms with Gasteiger partial charge in [0, 0.05) is 12.1 Å². The van der Waals surface area contributed by atoms with Crippen molar-refractivity contribution in [1.29, 1.82) is 0 Å². The van der Waals surface area contributed by atoms with E-state index < -0.39 is 29.5 Å². The molecule has 15 heavy (non-hydrogen) atoms. The van der Waals surface area contributed by atoms with Gasteiger partial charge in [-0.2, -0.15) is 8.39 Å². The van der Waals surface area contributed by atoms with Gasteiger partial charge in [0.1, 0.15) is 0 Å². The molecule has 0 aromatic carbocycles. The Labute approximate surface area is 83.3 Å². The molecule has 0 radical (unpaired) electrons. The molecule has 6 nitrogen and oxygen atoms in total. The zero-order chi connectivity index (χ0) is 11.6. The highest BCUT2D eigenvalue weighted by Gasteiger charge is 2.34. The van der Waals surface area contributed by atoms with Gasteiger partial charge in [-0.3, -0.25) is 4.28 Å². The van der Waals surface area contributed by atoms with E-state index >= 15 is 0 Å². The third-order valence-corrected chi connectivity index (χ3v) is 1.69. The minimum absolute atomic E-state index is 0.113. The van der Waals surface area contributed by atoms with Crippen LogP contribution in [0.3, 0.4) is 0 Å². The molecule has 0 amide bonds. The van der Waals surface area contributed by atoms with E-state index in [1.54, 1.807) is 0 Å². The van der Waals surface area contributed by atoms with Crippen LogP contribution in [0.25, 0.3) is 0 Å². The minimum atomic E-state index is -5.15. The van der Waals surface area contributed by atoms with Crippen LogP contribution in [0.1, 0.15) is 0 Å². The summed E-state index contributed by atoms with van der Waals surface area (Å²) in [6, 6.07) is 1.83. The molecule has 1 aromatic heterocycles. The standard InChI is InChI=1S/C5H4F3NO5S/c6-5(7,8)13-15(12)14-9-3(10)1-2-4(9)11/h1-2,10-11H. The van der Waals surface area contributed by atoms with Crippen LogP contribution in [0, 0.1) is 0 Å². The lowest BCUT2D eigenvalue weighted by molar-refractivity contribution is -0.272. The summed E-state index contributed by atoms with van der Waals surface area (Å²) < 4.78 is 52.0. The van der Waals surface area contributed by atoms with Crippen molar-refractivity contribution in [1.82, 2.24) is 4.73 Å². The molecule has 0 saturated carbocycles. The van der Waals surface area contributed by atoms with Crippen LogP contribution in [-0.2, 0) is 15.5 Å². The summed E-state index contributed by atoms with van der Waals surface area (Å²) in [6.07, 6.45) is -5.15. The van der Waals surface area contributed by atoms with Gasteiger partial charge in [-0.25, -0.2) is 0 Å². The Hall–Kier alpha value is -1.42. The lowest BCUT2D eigenvalue weighted by Gasteiger charge is -2.07. The van der Waals surface area contributed by atoms with Gasteiger partial charge in [-0.15, -0.1) is 13.2 Å². The van der Waals surface area contributed by atoms with E-state index in [9.17, 15) is 17.4 Å². The molecular formula is C5H4F3NO5S. The van der Waals surface area contributed by atoms with Crippen LogP contribution in [-0.4, -0.2) is 25.5 Å². The van der Waals surface area contributed by atoms with Crippen LogP contribution in [0.5, 0.6) is 11.8 Å². The monoisotopic (exact) mass is 247 g/mol. The predicted octanol–water partition coefficient (Wildman–Crippen LogP) is 0.443. The van der Waals surface area contributed by atoms with Crippen molar-refractivity contribution in [3.63, 3.8) is 0 Å². The second-order valence-corrected chi connectivity index (χ2v) is 2.88. The third kappa shape index (κ3) is 3.32. The molecule has 0 spiro atoms. The lowest BCUT2D eigenvalue weighted by Crippen LogP contribution is -2.23. The van der Waals surface area contributed by atoms with Crippen molar-refractivity contribution in [3.8, 4) is 11.8 Å². The van der Waals surface area contributed by atoms with Gasteiger partial charge >= 0.3 is 17.7 Å². The van der Waals surface area contributed by atoms with Gasteiger partial charge in [-0.1, -0.05) is 4.73 Å². The second-order valence-electron chi connectivity index (χ2n) is 2.15. The average Bonchev–Trinajstić information content (AvgIpc) is 2.32. The first-order chi connectivity index (χ1) is 6.79. The van der Waals surface area contributed by atoms with Crippen molar-refractivity contribution in [2.45, 2.75) is 6.36 Å². The Bertz CT molecular complexity index is 356. The number of rotatable bonds is 3. The van der Waals surface area contributed by atoms with Gasteiger partial charge < -0.3 is 10.2 Å². The van der Waals surface area contributed by atoms with Gasteiger partial charge in [0.2, 0.25) is 11.8 Å². The van der Waals surface area contributed by atoms with E-state index in [4.69, 9.17) is 10.2 Å². The van der Waals surface area contributed by atoms with E-state index in [1.165, 1.54) is 0 Å². The summed E-state index contributed by atoms with van der Waals surface area (Å²) in [5, 5.41) is 17.8. The molecule has 10 heteroatoms. The molecule has 1 heterocycles. The molecular weight excluding hydrogens is 243 g/mol. The van der Waals surface area contributed by atoms with Crippen molar-refractivity contribution in [3.05, 3.63) is 12.1 Å². The maximum Gasteiger partial charge on any atom is 0.537 e. The third-order valence-electron chi connectivity index (χ3n) is 1.10. The number of hydrogen-bond acceptors (Lipinski definition) is 5. The Morgan fingerprint density at radius 3 is 2.13 bits per heavy atom. The highest BCUT2D eigenvalue weighted by Crippen LogP contribution is 2.21. The molecule has 0 aliphatic carbocycles. The summed E-state index contributed by atoms with van der Waals surface area (Å²) >= 11 is -3.22. The van der Waals surface area contributed by atoms with E-state index in [1.807, 2.05) is 0 Å². The number of halogens is 3. The highest BCUT2D eigenvalue weighted by molar-refractivity contribution is 7.75. The van der Waals surface area contributed by atoms with Crippen LogP contribution in [0.15, 0.2) is 12.1 Å². The van der Waals surface area contributed by atoms with E-state index in [2.05, 4.69) is 8.47 Å². The van der Waals surface area contributed by atoms with E-state index in [0.29, 0.717) is 0 Å². The zero-order valence-corrected chi connectivity index (χ0v) is 7.58. The fourth-order valence-corrected chi connectivity index (χ4v) is 1.09. The first-order valence-corrected chi connectivity index (χ1v) is 4.26.